The molecule has 0 aliphatic heterocycles. The van der Waals surface area contributed by atoms with Crippen molar-refractivity contribution in [2.24, 2.45) is 5.41 Å². The van der Waals surface area contributed by atoms with Crippen molar-refractivity contribution in [2.45, 2.75) is 33.6 Å². The Hall–Kier alpha value is -0.850. The molecule has 0 N–H and O–H groups in total. The minimum absolute atomic E-state index is 0.215. The van der Waals surface area contributed by atoms with Crippen LogP contribution in [0.1, 0.15) is 33.6 Å². The maximum absolute atomic E-state index is 10.9. The summed E-state index contributed by atoms with van der Waals surface area (Å²) < 4.78 is 0. The summed E-state index contributed by atoms with van der Waals surface area (Å²) in [5.74, 6) is 0.267. The number of ketones is 1. The average Bonchev–Trinajstić information content (AvgIpc) is 2.30. The van der Waals surface area contributed by atoms with E-state index in [4.69, 9.17) is 0 Å². The average molecular weight is 164 g/mol. The van der Waals surface area contributed by atoms with E-state index >= 15 is 0 Å². The molecule has 1 heteroatoms. The molecule has 0 aromatic carbocycles. The smallest absolute Gasteiger partial charge is 0.156 e. The van der Waals surface area contributed by atoms with Gasteiger partial charge in [-0.2, -0.15) is 0 Å². The van der Waals surface area contributed by atoms with E-state index in [2.05, 4.69) is 32.9 Å². The van der Waals surface area contributed by atoms with Crippen LogP contribution in [0.3, 0.4) is 0 Å². The Morgan fingerprint density at radius 2 is 2.00 bits per heavy atom. The molecule has 0 atom stereocenters. The van der Waals surface area contributed by atoms with Crippen LogP contribution in [0.15, 0.2) is 23.8 Å². The van der Waals surface area contributed by atoms with Crippen LogP contribution >= 0.6 is 0 Å². The lowest BCUT2D eigenvalue weighted by atomic mass is 9.95. The maximum atomic E-state index is 10.9. The molecule has 0 spiro atoms. The predicted molar refractivity (Wildman–Crippen MR) is 50.9 cm³/mol. The first-order valence-electron chi connectivity index (χ1n) is 4.40. The highest BCUT2D eigenvalue weighted by Crippen LogP contribution is 2.20. The predicted octanol–water partition coefficient (Wildman–Crippen LogP) is 2.88. The number of rotatable bonds is 1. The van der Waals surface area contributed by atoms with Gasteiger partial charge in [-0.3, -0.25) is 4.79 Å². The number of allylic oxidation sites excluding steroid dienone is 4. The van der Waals surface area contributed by atoms with Gasteiger partial charge in [-0.05, 0) is 23.5 Å². The molecule has 0 saturated heterocycles. The quantitative estimate of drug-likeness (QED) is 0.582. The highest BCUT2D eigenvalue weighted by atomic mass is 16.1. The van der Waals surface area contributed by atoms with Crippen molar-refractivity contribution in [3.63, 3.8) is 0 Å². The Labute approximate surface area is 74.2 Å². The van der Waals surface area contributed by atoms with E-state index in [1.165, 1.54) is 5.57 Å². The Kier molecular flexibility index (Phi) is 2.51. The largest absolute Gasteiger partial charge is 0.295 e. The molecule has 0 fully saturated rings. The molecule has 0 aromatic rings. The Balaban J connectivity index is 2.58. The van der Waals surface area contributed by atoms with Gasteiger partial charge in [0.2, 0.25) is 0 Å². The normalized spacial score (nSPS) is 18.9. The second-order valence-corrected chi connectivity index (χ2v) is 4.38. The molecular weight excluding hydrogens is 148 g/mol. The van der Waals surface area contributed by atoms with Crippen LogP contribution in [0.4, 0.5) is 0 Å². The molecule has 66 valence electrons. The van der Waals surface area contributed by atoms with Gasteiger partial charge in [-0.25, -0.2) is 0 Å². The Morgan fingerprint density at radius 1 is 1.33 bits per heavy atom. The molecule has 0 bridgehead atoms. The van der Waals surface area contributed by atoms with E-state index in [1.807, 2.05) is 0 Å². The Bertz CT molecular complexity index is 238. The molecule has 1 aliphatic carbocycles. The summed E-state index contributed by atoms with van der Waals surface area (Å²) in [6.45, 7) is 6.46. The molecule has 0 aromatic heterocycles. The fraction of sp³-hybridized carbons (Fsp3) is 0.545. The number of carbonyl (C=O) groups is 1. The van der Waals surface area contributed by atoms with E-state index in [1.54, 1.807) is 6.08 Å². The van der Waals surface area contributed by atoms with Crippen molar-refractivity contribution in [3.8, 4) is 0 Å². The van der Waals surface area contributed by atoms with Gasteiger partial charge in [0.25, 0.3) is 0 Å². The van der Waals surface area contributed by atoms with Gasteiger partial charge in [0.05, 0.1) is 0 Å². The third-order valence-electron chi connectivity index (χ3n) is 1.80. The van der Waals surface area contributed by atoms with Crippen molar-refractivity contribution >= 4 is 5.78 Å². The van der Waals surface area contributed by atoms with Crippen molar-refractivity contribution in [1.29, 1.82) is 0 Å². The zero-order chi connectivity index (χ0) is 9.19. The van der Waals surface area contributed by atoms with Crippen LogP contribution in [0.25, 0.3) is 0 Å². The van der Waals surface area contributed by atoms with Crippen molar-refractivity contribution in [2.75, 3.05) is 0 Å². The standard InChI is InChI=1S/C11H16O/c1-11(2,3)7-6-9-4-5-10(12)8-9/h6-8H,4-5H2,1-3H3/b7-6-. The Morgan fingerprint density at radius 3 is 2.42 bits per heavy atom. The fourth-order valence-corrected chi connectivity index (χ4v) is 1.11. The molecule has 1 rings (SSSR count). The van der Waals surface area contributed by atoms with Crippen LogP contribution in [0.5, 0.6) is 0 Å². The first-order valence-corrected chi connectivity index (χ1v) is 4.40. The summed E-state index contributed by atoms with van der Waals surface area (Å²) in [5, 5.41) is 0. The lowest BCUT2D eigenvalue weighted by Gasteiger charge is -2.10. The molecule has 12 heavy (non-hydrogen) atoms. The molecule has 0 unspecified atom stereocenters. The molecule has 0 heterocycles. The molecule has 0 saturated carbocycles. The summed E-state index contributed by atoms with van der Waals surface area (Å²) in [6, 6.07) is 0. The van der Waals surface area contributed by atoms with Crippen LogP contribution in [0.2, 0.25) is 0 Å². The minimum Gasteiger partial charge on any atom is -0.295 e. The monoisotopic (exact) mass is 164 g/mol. The summed E-state index contributed by atoms with van der Waals surface area (Å²) in [5.41, 5.74) is 1.39. The van der Waals surface area contributed by atoms with Crippen molar-refractivity contribution in [1.82, 2.24) is 0 Å². The zero-order valence-electron chi connectivity index (χ0n) is 8.05. The molecule has 0 amide bonds. The maximum Gasteiger partial charge on any atom is 0.156 e. The summed E-state index contributed by atoms with van der Waals surface area (Å²) in [7, 11) is 0. The summed E-state index contributed by atoms with van der Waals surface area (Å²) >= 11 is 0. The lowest BCUT2D eigenvalue weighted by molar-refractivity contribution is -0.114. The van der Waals surface area contributed by atoms with E-state index < -0.39 is 0 Å². The van der Waals surface area contributed by atoms with E-state index in [0.717, 1.165) is 6.42 Å². The van der Waals surface area contributed by atoms with Gasteiger partial charge in [0.15, 0.2) is 5.78 Å². The molecular formula is C11H16O. The van der Waals surface area contributed by atoms with E-state index in [9.17, 15) is 4.79 Å². The van der Waals surface area contributed by atoms with Crippen molar-refractivity contribution in [3.05, 3.63) is 23.8 Å². The zero-order valence-corrected chi connectivity index (χ0v) is 8.05. The first kappa shape index (κ1) is 9.24. The summed E-state index contributed by atoms with van der Waals surface area (Å²) in [4.78, 5) is 10.9. The lowest BCUT2D eigenvalue weighted by Crippen LogP contribution is -1.98. The SMILES string of the molecule is CC(C)(C)/C=C\C1=CC(=O)CC1. The fourth-order valence-electron chi connectivity index (χ4n) is 1.11. The van der Waals surface area contributed by atoms with E-state index in [-0.39, 0.29) is 11.2 Å². The summed E-state index contributed by atoms with van der Waals surface area (Å²) in [6.07, 6.45) is 7.60. The van der Waals surface area contributed by atoms with Gasteiger partial charge in [-0.1, -0.05) is 32.9 Å². The second kappa shape index (κ2) is 3.26. The third kappa shape index (κ3) is 3.04. The number of hydrogen-bond acceptors (Lipinski definition) is 1. The molecule has 1 nitrogen and oxygen atoms in total. The van der Waals surface area contributed by atoms with Gasteiger partial charge in [0.1, 0.15) is 0 Å². The second-order valence-electron chi connectivity index (χ2n) is 4.38. The van der Waals surface area contributed by atoms with Crippen LogP contribution in [0, 0.1) is 5.41 Å². The van der Waals surface area contributed by atoms with Crippen LogP contribution < -0.4 is 0 Å². The highest BCUT2D eigenvalue weighted by molar-refractivity contribution is 5.93. The topological polar surface area (TPSA) is 17.1 Å². The minimum atomic E-state index is 0.215. The third-order valence-corrected chi connectivity index (χ3v) is 1.80. The first-order chi connectivity index (χ1) is 5.47. The van der Waals surface area contributed by atoms with Crippen molar-refractivity contribution < 1.29 is 4.79 Å². The van der Waals surface area contributed by atoms with Gasteiger partial charge in [0, 0.05) is 6.42 Å². The van der Waals surface area contributed by atoms with Gasteiger partial charge in [-0.15, -0.1) is 0 Å². The van der Waals surface area contributed by atoms with E-state index in [0.29, 0.717) is 6.42 Å². The number of carbonyl (C=O) groups excluding carboxylic acids is 1. The van der Waals surface area contributed by atoms with Gasteiger partial charge >= 0.3 is 0 Å². The molecule has 0 radical (unpaired) electrons. The highest BCUT2D eigenvalue weighted by Gasteiger charge is 2.10. The molecule has 1 aliphatic rings. The van der Waals surface area contributed by atoms with Crippen LogP contribution in [-0.2, 0) is 4.79 Å². The number of hydrogen-bond donors (Lipinski definition) is 0. The van der Waals surface area contributed by atoms with Gasteiger partial charge < -0.3 is 0 Å². The van der Waals surface area contributed by atoms with Crippen LogP contribution in [-0.4, -0.2) is 5.78 Å².